The highest BCUT2D eigenvalue weighted by Crippen LogP contribution is 2.42. The van der Waals surface area contributed by atoms with E-state index >= 15 is 0 Å². The van der Waals surface area contributed by atoms with Crippen LogP contribution in [0.3, 0.4) is 0 Å². The van der Waals surface area contributed by atoms with Gasteiger partial charge in [0.15, 0.2) is 0 Å². The maximum absolute atomic E-state index is 11.8. The SMILES string of the molecule is CC(C)(C)OC(=O)NC(C(C)(C)C)C1(N)CC1. The lowest BCUT2D eigenvalue weighted by Crippen LogP contribution is -2.57. The summed E-state index contributed by atoms with van der Waals surface area (Å²) >= 11 is 0. The van der Waals surface area contributed by atoms with E-state index in [0.29, 0.717) is 0 Å². The number of nitrogens with one attached hydrogen (secondary N) is 1. The molecule has 0 spiro atoms. The van der Waals surface area contributed by atoms with Crippen LogP contribution in [0, 0.1) is 5.41 Å². The molecule has 0 aromatic rings. The summed E-state index contributed by atoms with van der Waals surface area (Å²) in [5.74, 6) is 0. The zero-order chi connectivity index (χ0) is 13.5. The highest BCUT2D eigenvalue weighted by molar-refractivity contribution is 5.68. The molecular formula is C13H26N2O2. The Kier molecular flexibility index (Phi) is 3.50. The second-order valence-electron chi connectivity index (χ2n) is 7.18. The van der Waals surface area contributed by atoms with Crippen LogP contribution in [0.15, 0.2) is 0 Å². The normalized spacial score (nSPS) is 20.6. The number of carbonyl (C=O) groups is 1. The Morgan fingerprint density at radius 3 is 2.00 bits per heavy atom. The first-order chi connectivity index (χ1) is 7.44. The van der Waals surface area contributed by atoms with Crippen molar-refractivity contribution in [3.05, 3.63) is 0 Å². The van der Waals surface area contributed by atoms with E-state index in [2.05, 4.69) is 26.1 Å². The van der Waals surface area contributed by atoms with Crippen molar-refractivity contribution in [1.82, 2.24) is 5.32 Å². The smallest absolute Gasteiger partial charge is 0.407 e. The molecule has 1 amide bonds. The van der Waals surface area contributed by atoms with Crippen molar-refractivity contribution in [2.45, 2.75) is 71.6 Å². The fraction of sp³-hybridized carbons (Fsp3) is 0.923. The Morgan fingerprint density at radius 1 is 1.24 bits per heavy atom. The van der Waals surface area contributed by atoms with Gasteiger partial charge in [-0.1, -0.05) is 20.8 Å². The molecule has 1 fully saturated rings. The minimum Gasteiger partial charge on any atom is -0.444 e. The summed E-state index contributed by atoms with van der Waals surface area (Å²) in [5.41, 5.74) is 5.42. The number of rotatable bonds is 2. The van der Waals surface area contributed by atoms with Crippen LogP contribution >= 0.6 is 0 Å². The van der Waals surface area contributed by atoms with Gasteiger partial charge in [-0.3, -0.25) is 0 Å². The summed E-state index contributed by atoms with van der Waals surface area (Å²) in [7, 11) is 0. The molecule has 3 N–H and O–H groups in total. The Morgan fingerprint density at radius 2 is 1.71 bits per heavy atom. The maximum Gasteiger partial charge on any atom is 0.407 e. The standard InChI is InChI=1S/C13H26N2O2/c1-11(2,3)9(13(14)7-8-13)15-10(16)17-12(4,5)6/h9H,7-8,14H2,1-6H3,(H,15,16). The molecule has 0 aliphatic heterocycles. The topological polar surface area (TPSA) is 64.3 Å². The van der Waals surface area contributed by atoms with Gasteiger partial charge in [0.1, 0.15) is 5.60 Å². The van der Waals surface area contributed by atoms with Crippen LogP contribution in [0.5, 0.6) is 0 Å². The average molecular weight is 242 g/mol. The minimum atomic E-state index is -0.474. The van der Waals surface area contributed by atoms with Crippen molar-refractivity contribution < 1.29 is 9.53 Å². The molecule has 0 aromatic heterocycles. The summed E-state index contributed by atoms with van der Waals surface area (Å²) in [6.07, 6.45) is 1.55. The third kappa shape index (κ3) is 4.19. The number of amides is 1. The summed E-state index contributed by atoms with van der Waals surface area (Å²) in [5, 5.41) is 2.93. The minimum absolute atomic E-state index is 0.0511. The molecule has 1 rings (SSSR count). The first kappa shape index (κ1) is 14.3. The largest absolute Gasteiger partial charge is 0.444 e. The summed E-state index contributed by atoms with van der Waals surface area (Å²) in [6, 6.07) is -0.0511. The molecule has 1 aliphatic rings. The highest BCUT2D eigenvalue weighted by Gasteiger charge is 2.51. The van der Waals surface area contributed by atoms with Gasteiger partial charge in [0.2, 0.25) is 0 Å². The van der Waals surface area contributed by atoms with Gasteiger partial charge >= 0.3 is 6.09 Å². The number of ether oxygens (including phenoxy) is 1. The molecule has 17 heavy (non-hydrogen) atoms. The number of hydrogen-bond donors (Lipinski definition) is 2. The number of hydrogen-bond acceptors (Lipinski definition) is 3. The maximum atomic E-state index is 11.8. The van der Waals surface area contributed by atoms with Crippen molar-refractivity contribution in [3.63, 3.8) is 0 Å². The summed E-state index contributed by atoms with van der Waals surface area (Å²) in [4.78, 5) is 11.8. The second-order valence-corrected chi connectivity index (χ2v) is 7.18. The summed E-state index contributed by atoms with van der Waals surface area (Å²) < 4.78 is 5.28. The van der Waals surface area contributed by atoms with Crippen molar-refractivity contribution in [1.29, 1.82) is 0 Å². The Hall–Kier alpha value is -0.770. The van der Waals surface area contributed by atoms with E-state index in [1.54, 1.807) is 0 Å². The van der Waals surface area contributed by atoms with Crippen LogP contribution in [-0.2, 0) is 4.74 Å². The van der Waals surface area contributed by atoms with Gasteiger partial charge in [-0.05, 0) is 39.0 Å². The Bertz CT molecular complexity index is 290. The molecule has 4 nitrogen and oxygen atoms in total. The molecule has 0 saturated heterocycles. The van der Waals surface area contributed by atoms with Gasteiger partial charge in [0, 0.05) is 5.54 Å². The molecule has 1 aliphatic carbocycles. The Balaban J connectivity index is 2.66. The van der Waals surface area contributed by atoms with E-state index in [4.69, 9.17) is 10.5 Å². The molecule has 1 saturated carbocycles. The fourth-order valence-corrected chi connectivity index (χ4v) is 2.08. The van der Waals surface area contributed by atoms with Crippen molar-refractivity contribution >= 4 is 6.09 Å². The average Bonchev–Trinajstić information content (AvgIpc) is 2.75. The lowest BCUT2D eigenvalue weighted by atomic mass is 9.81. The molecule has 1 atom stereocenters. The van der Waals surface area contributed by atoms with Crippen LogP contribution in [0.25, 0.3) is 0 Å². The third-order valence-corrected chi connectivity index (χ3v) is 2.93. The van der Waals surface area contributed by atoms with E-state index in [1.807, 2.05) is 20.8 Å². The quantitative estimate of drug-likeness (QED) is 0.781. The zero-order valence-electron chi connectivity index (χ0n) is 11.9. The van der Waals surface area contributed by atoms with Crippen LogP contribution in [0.4, 0.5) is 4.79 Å². The van der Waals surface area contributed by atoms with Gasteiger partial charge in [-0.25, -0.2) is 4.79 Å². The van der Waals surface area contributed by atoms with Crippen LogP contribution < -0.4 is 11.1 Å². The molecule has 0 bridgehead atoms. The van der Waals surface area contributed by atoms with E-state index in [-0.39, 0.29) is 23.1 Å². The van der Waals surface area contributed by atoms with Gasteiger partial charge in [-0.2, -0.15) is 0 Å². The molecular weight excluding hydrogens is 216 g/mol. The van der Waals surface area contributed by atoms with Crippen LogP contribution in [0.1, 0.15) is 54.4 Å². The second kappa shape index (κ2) is 4.16. The molecule has 0 heterocycles. The van der Waals surface area contributed by atoms with E-state index < -0.39 is 5.60 Å². The fourth-order valence-electron chi connectivity index (χ4n) is 2.08. The summed E-state index contributed by atoms with van der Waals surface area (Å²) in [6.45, 7) is 11.8. The first-order valence-corrected chi connectivity index (χ1v) is 6.22. The predicted molar refractivity (Wildman–Crippen MR) is 68.8 cm³/mol. The number of alkyl carbamates (subject to hydrolysis) is 1. The third-order valence-electron chi connectivity index (χ3n) is 2.93. The van der Waals surface area contributed by atoms with E-state index in [9.17, 15) is 4.79 Å². The number of nitrogens with two attached hydrogens (primary N) is 1. The number of carbonyl (C=O) groups excluding carboxylic acids is 1. The van der Waals surface area contributed by atoms with Crippen molar-refractivity contribution in [3.8, 4) is 0 Å². The van der Waals surface area contributed by atoms with Crippen LogP contribution in [0.2, 0.25) is 0 Å². The van der Waals surface area contributed by atoms with Gasteiger partial charge in [-0.15, -0.1) is 0 Å². The Labute approximate surface area is 104 Å². The predicted octanol–water partition coefficient (Wildman–Crippen LogP) is 2.42. The van der Waals surface area contributed by atoms with Crippen LogP contribution in [-0.4, -0.2) is 23.3 Å². The highest BCUT2D eigenvalue weighted by atomic mass is 16.6. The molecule has 4 heteroatoms. The molecule has 0 radical (unpaired) electrons. The van der Waals surface area contributed by atoms with E-state index in [1.165, 1.54) is 0 Å². The van der Waals surface area contributed by atoms with Crippen molar-refractivity contribution in [2.24, 2.45) is 11.1 Å². The zero-order valence-corrected chi connectivity index (χ0v) is 11.9. The molecule has 0 aromatic carbocycles. The van der Waals surface area contributed by atoms with Gasteiger partial charge in [0.05, 0.1) is 6.04 Å². The first-order valence-electron chi connectivity index (χ1n) is 6.22. The molecule has 1 unspecified atom stereocenters. The van der Waals surface area contributed by atoms with Crippen molar-refractivity contribution in [2.75, 3.05) is 0 Å². The monoisotopic (exact) mass is 242 g/mol. The van der Waals surface area contributed by atoms with Gasteiger partial charge in [0.25, 0.3) is 0 Å². The lowest BCUT2D eigenvalue weighted by Gasteiger charge is -2.36. The lowest BCUT2D eigenvalue weighted by molar-refractivity contribution is 0.0441. The van der Waals surface area contributed by atoms with Gasteiger partial charge < -0.3 is 15.8 Å². The van der Waals surface area contributed by atoms with E-state index in [0.717, 1.165) is 12.8 Å². The molecule has 100 valence electrons.